The van der Waals surface area contributed by atoms with Gasteiger partial charge in [0.25, 0.3) is 0 Å². The molecule has 1 rings (SSSR count). The van der Waals surface area contributed by atoms with Gasteiger partial charge in [-0.25, -0.2) is 0 Å². The minimum absolute atomic E-state index is 0.531. The third-order valence-corrected chi connectivity index (χ3v) is 2.04. The minimum atomic E-state index is 0.531. The summed E-state index contributed by atoms with van der Waals surface area (Å²) in [5, 5.41) is 0. The minimum Gasteiger partial charge on any atom is -0.371 e. The lowest BCUT2D eigenvalue weighted by atomic mass is 10.1. The van der Waals surface area contributed by atoms with Crippen molar-refractivity contribution < 1.29 is 0 Å². The molecule has 0 radical (unpaired) electrons. The first-order valence-corrected chi connectivity index (χ1v) is 4.43. The topological polar surface area (TPSA) is 3.24 Å². The van der Waals surface area contributed by atoms with Crippen molar-refractivity contribution in [3.8, 4) is 12.3 Å². The van der Waals surface area contributed by atoms with Crippen LogP contribution in [0.2, 0.25) is 0 Å². The van der Waals surface area contributed by atoms with E-state index in [2.05, 4.69) is 36.3 Å². The van der Waals surface area contributed by atoms with Crippen LogP contribution in [-0.4, -0.2) is 19.0 Å². The van der Waals surface area contributed by atoms with Gasteiger partial charge >= 0.3 is 0 Å². The molecule has 0 heterocycles. The predicted octanol–water partition coefficient (Wildman–Crippen LogP) is 2.20. The molecule has 0 N–H and O–H groups in total. The van der Waals surface area contributed by atoms with Crippen LogP contribution < -0.4 is 0 Å². The van der Waals surface area contributed by atoms with Gasteiger partial charge in [-0.15, -0.1) is 6.42 Å². The van der Waals surface area contributed by atoms with E-state index < -0.39 is 0 Å². The molecule has 1 aliphatic rings. The van der Waals surface area contributed by atoms with Crippen LogP contribution >= 0.6 is 0 Å². The Bertz CT molecular complexity index is 275. The van der Waals surface area contributed by atoms with E-state index in [4.69, 9.17) is 6.42 Å². The smallest absolute Gasteiger partial charge is 0.0831 e. The summed E-state index contributed by atoms with van der Waals surface area (Å²) in [5.41, 5.74) is 0.953. The first kappa shape index (κ1) is 9.67. The summed E-state index contributed by atoms with van der Waals surface area (Å²) in [5.74, 6) is 3.20. The third-order valence-electron chi connectivity index (χ3n) is 2.04. The van der Waals surface area contributed by atoms with Crippen molar-refractivity contribution in [2.75, 3.05) is 14.1 Å². The van der Waals surface area contributed by atoms with Crippen LogP contribution in [0, 0.1) is 18.3 Å². The Hall–Kier alpha value is -1.42. The Kier molecular flexibility index (Phi) is 3.40. The molecule has 0 aliphatic heterocycles. The van der Waals surface area contributed by atoms with Crippen molar-refractivity contribution in [3.63, 3.8) is 0 Å². The molecule has 0 aromatic heterocycles. The first-order chi connectivity index (χ1) is 6.24. The maximum Gasteiger partial charge on any atom is 0.0831 e. The Balaban J connectivity index is 2.51. The molecule has 1 nitrogen and oxygen atoms in total. The molecule has 68 valence electrons. The fourth-order valence-corrected chi connectivity index (χ4v) is 1.25. The molecule has 0 saturated heterocycles. The molecule has 0 amide bonds. The van der Waals surface area contributed by atoms with Crippen LogP contribution in [0.15, 0.2) is 36.1 Å². The van der Waals surface area contributed by atoms with Crippen molar-refractivity contribution in [1.29, 1.82) is 0 Å². The second-order valence-corrected chi connectivity index (χ2v) is 3.30. The van der Waals surface area contributed by atoms with Crippen LogP contribution in [0.4, 0.5) is 0 Å². The van der Waals surface area contributed by atoms with Gasteiger partial charge in [-0.2, -0.15) is 0 Å². The van der Waals surface area contributed by atoms with Crippen molar-refractivity contribution in [2.24, 2.45) is 5.92 Å². The second-order valence-electron chi connectivity index (χ2n) is 3.30. The number of rotatable bonds is 3. The fraction of sp³-hybridized carbons (Fsp3) is 0.333. The lowest BCUT2D eigenvalue weighted by Gasteiger charge is -2.11. The van der Waals surface area contributed by atoms with E-state index in [0.717, 1.165) is 12.1 Å². The summed E-state index contributed by atoms with van der Waals surface area (Å²) in [6.07, 6.45) is 17.0. The van der Waals surface area contributed by atoms with Crippen LogP contribution in [0.1, 0.15) is 6.42 Å². The number of allylic oxidation sites excluding steroid dienone is 6. The monoisotopic (exact) mass is 173 g/mol. The van der Waals surface area contributed by atoms with E-state index in [9.17, 15) is 0 Å². The van der Waals surface area contributed by atoms with Gasteiger partial charge in [0.15, 0.2) is 0 Å². The maximum absolute atomic E-state index is 5.36. The largest absolute Gasteiger partial charge is 0.371 e. The van der Waals surface area contributed by atoms with E-state index in [1.165, 1.54) is 0 Å². The van der Waals surface area contributed by atoms with E-state index in [1.54, 1.807) is 0 Å². The van der Waals surface area contributed by atoms with Crippen LogP contribution in [-0.2, 0) is 0 Å². The Morgan fingerprint density at radius 1 is 1.46 bits per heavy atom. The van der Waals surface area contributed by atoms with E-state index in [1.807, 2.05) is 19.0 Å². The Morgan fingerprint density at radius 3 is 2.54 bits per heavy atom. The predicted molar refractivity (Wildman–Crippen MR) is 57.0 cm³/mol. The third kappa shape index (κ3) is 2.83. The zero-order chi connectivity index (χ0) is 9.68. The average molecular weight is 173 g/mol. The zero-order valence-corrected chi connectivity index (χ0v) is 8.20. The molecule has 0 fully saturated rings. The lowest BCUT2D eigenvalue weighted by Crippen LogP contribution is -2.09. The molecule has 13 heavy (non-hydrogen) atoms. The van der Waals surface area contributed by atoms with Crippen molar-refractivity contribution in [2.45, 2.75) is 6.42 Å². The highest BCUT2D eigenvalue weighted by Crippen LogP contribution is 2.14. The molecule has 1 heteroatoms. The molecule has 0 aromatic carbocycles. The molecule has 0 spiro atoms. The Labute approximate surface area is 80.4 Å². The van der Waals surface area contributed by atoms with Crippen molar-refractivity contribution in [1.82, 2.24) is 4.90 Å². The Morgan fingerprint density at radius 2 is 2.08 bits per heavy atom. The van der Waals surface area contributed by atoms with Gasteiger partial charge in [0.05, 0.1) is 5.70 Å². The maximum atomic E-state index is 5.36. The lowest BCUT2D eigenvalue weighted by molar-refractivity contribution is 0.530. The van der Waals surface area contributed by atoms with E-state index >= 15 is 0 Å². The summed E-state index contributed by atoms with van der Waals surface area (Å²) in [6.45, 7) is 0. The highest BCUT2D eigenvalue weighted by molar-refractivity contribution is 5.25. The molecular formula is C12H15N. The quantitative estimate of drug-likeness (QED) is 0.591. The fourth-order valence-electron chi connectivity index (χ4n) is 1.25. The number of terminal acetylenes is 1. The van der Waals surface area contributed by atoms with Gasteiger partial charge in [-0.1, -0.05) is 36.3 Å². The summed E-state index contributed by atoms with van der Waals surface area (Å²) in [7, 11) is 3.93. The summed E-state index contributed by atoms with van der Waals surface area (Å²) >= 11 is 0. The average Bonchev–Trinajstić information content (AvgIpc) is 2.57. The van der Waals surface area contributed by atoms with Gasteiger partial charge in [0, 0.05) is 14.1 Å². The molecular weight excluding hydrogens is 158 g/mol. The van der Waals surface area contributed by atoms with Gasteiger partial charge in [-0.05, 0) is 12.3 Å². The van der Waals surface area contributed by atoms with E-state index in [0.29, 0.717) is 5.92 Å². The van der Waals surface area contributed by atoms with Crippen LogP contribution in [0.5, 0.6) is 0 Å². The molecule has 0 saturated carbocycles. The van der Waals surface area contributed by atoms with Gasteiger partial charge < -0.3 is 4.90 Å². The van der Waals surface area contributed by atoms with Gasteiger partial charge in [-0.3, -0.25) is 0 Å². The summed E-state index contributed by atoms with van der Waals surface area (Å²) < 4.78 is 0. The highest BCUT2D eigenvalue weighted by atomic mass is 15.1. The van der Waals surface area contributed by atoms with Crippen LogP contribution in [0.3, 0.4) is 0 Å². The number of hydrogen-bond acceptors (Lipinski definition) is 1. The van der Waals surface area contributed by atoms with Gasteiger partial charge in [0.2, 0.25) is 0 Å². The summed E-state index contributed by atoms with van der Waals surface area (Å²) in [4.78, 5) is 1.96. The number of nitrogens with zero attached hydrogens (tertiary/aromatic N) is 1. The normalized spacial score (nSPS) is 16.2. The standard InChI is InChI=1S/C12H15N/c1-4-12(13(2)3)10-9-11-7-5-6-8-11/h1,5-8,10-11H,9H2,2-3H3/b12-10+. The van der Waals surface area contributed by atoms with Crippen LogP contribution in [0.25, 0.3) is 0 Å². The second kappa shape index (κ2) is 4.57. The zero-order valence-electron chi connectivity index (χ0n) is 8.20. The molecule has 0 aromatic rings. The molecule has 1 aliphatic carbocycles. The molecule has 0 atom stereocenters. The van der Waals surface area contributed by atoms with Gasteiger partial charge in [0.1, 0.15) is 0 Å². The SMILES string of the molecule is C#C/C(=C\CC1C=CC=C1)N(C)C. The molecule has 0 unspecified atom stereocenters. The highest BCUT2D eigenvalue weighted by Gasteiger charge is 2.02. The van der Waals surface area contributed by atoms with E-state index in [-0.39, 0.29) is 0 Å². The van der Waals surface area contributed by atoms with Crippen molar-refractivity contribution >= 4 is 0 Å². The van der Waals surface area contributed by atoms with Crippen molar-refractivity contribution in [3.05, 3.63) is 36.1 Å². The summed E-state index contributed by atoms with van der Waals surface area (Å²) in [6, 6.07) is 0. The first-order valence-electron chi connectivity index (χ1n) is 4.43. The molecule has 0 bridgehead atoms. The number of hydrogen-bond donors (Lipinski definition) is 0.